The van der Waals surface area contributed by atoms with Gasteiger partial charge in [-0.05, 0) is 53.1 Å². The van der Waals surface area contributed by atoms with Gasteiger partial charge in [0.25, 0.3) is 0 Å². The summed E-state index contributed by atoms with van der Waals surface area (Å²) in [6.07, 6.45) is -0.980. The normalized spacial score (nSPS) is 12.7. The number of rotatable bonds is 11. The number of phenolic OH excluding ortho intramolecular Hbond substituents is 1. The number of aliphatic hydroxyl groups excluding tert-OH is 1. The molecule has 0 bridgehead atoms. The molecule has 0 aliphatic rings. The number of hydrogen-bond acceptors (Lipinski definition) is 7. The zero-order chi connectivity index (χ0) is 25.5. The summed E-state index contributed by atoms with van der Waals surface area (Å²) in [7, 11) is 1.27. The van der Waals surface area contributed by atoms with Crippen molar-refractivity contribution in [1.29, 1.82) is 0 Å². The van der Waals surface area contributed by atoms with E-state index >= 15 is 0 Å². The highest BCUT2D eigenvalue weighted by Gasteiger charge is 2.14. The van der Waals surface area contributed by atoms with Gasteiger partial charge in [0.2, 0.25) is 0 Å². The molecule has 35 heavy (non-hydrogen) atoms. The van der Waals surface area contributed by atoms with E-state index in [1.54, 1.807) is 18.2 Å². The number of aromatic hydroxyl groups is 1. The Labute approximate surface area is 203 Å². The average molecular weight is 504 g/mol. The van der Waals surface area contributed by atoms with Gasteiger partial charge in [0.1, 0.15) is 12.4 Å². The third kappa shape index (κ3) is 6.76. The number of anilines is 1. The molecule has 0 amide bonds. The molecule has 0 spiro atoms. The van der Waals surface area contributed by atoms with E-state index in [0.717, 1.165) is 4.31 Å². The van der Waals surface area contributed by atoms with E-state index in [1.165, 1.54) is 49.5 Å². The van der Waals surface area contributed by atoms with Crippen LogP contribution < -0.4 is 14.4 Å². The molecule has 0 aliphatic carbocycles. The number of carboxylic acids is 1. The highest BCUT2D eigenvalue weighted by Crippen LogP contribution is 2.30. The molecule has 11 heteroatoms. The number of carboxylic acid groups (broad SMARTS) is 1. The second kappa shape index (κ2) is 11.8. The van der Waals surface area contributed by atoms with Crippen LogP contribution in [0.25, 0.3) is 11.1 Å². The van der Waals surface area contributed by atoms with Gasteiger partial charge < -0.3 is 34.2 Å². The fourth-order valence-electron chi connectivity index (χ4n) is 3.27. The van der Waals surface area contributed by atoms with Gasteiger partial charge >= 0.3 is 5.97 Å². The number of nitrogens with one attached hydrogen (secondary N) is 1. The maximum Gasteiger partial charge on any atom is 0.335 e. The Balaban J connectivity index is 1.50. The molecule has 3 aromatic carbocycles. The summed E-state index contributed by atoms with van der Waals surface area (Å²) in [6.45, 7) is 0.533. The lowest BCUT2D eigenvalue weighted by molar-refractivity contribution is 0.0697. The molecule has 0 radical (unpaired) electrons. The van der Waals surface area contributed by atoms with E-state index < -0.39 is 29.2 Å². The predicted molar refractivity (Wildman–Crippen MR) is 128 cm³/mol. The van der Waals surface area contributed by atoms with Crippen LogP contribution in [0.1, 0.15) is 22.0 Å². The molecule has 0 aromatic heterocycles. The van der Waals surface area contributed by atoms with Crippen molar-refractivity contribution in [3.63, 3.8) is 0 Å². The minimum Gasteiger partial charge on any atom is -0.755 e. The standard InChI is InChI=1S/C24H25FN2O7S/c1-27(35(32)33)20-13-18(6-8-21(20)28)22(29)14-26-10-11-34-23-9-7-17(12-19(23)25)15-2-4-16(5-3-15)24(30)31/h2-9,12-13,22,26,28-29H,10-11,14H2,1H3,(H,30,31)(H,32,33)/p-1. The summed E-state index contributed by atoms with van der Waals surface area (Å²) < 4.78 is 43.0. The van der Waals surface area contributed by atoms with Crippen LogP contribution in [0.5, 0.6) is 11.5 Å². The Morgan fingerprint density at radius 1 is 1.14 bits per heavy atom. The van der Waals surface area contributed by atoms with E-state index in [2.05, 4.69) is 5.32 Å². The summed E-state index contributed by atoms with van der Waals surface area (Å²) in [5.74, 6) is -1.79. The van der Waals surface area contributed by atoms with Gasteiger partial charge in [-0.1, -0.05) is 24.3 Å². The Bertz CT molecular complexity index is 1210. The SMILES string of the molecule is CN(c1cc(C(O)CNCCOc2ccc(-c3ccc(C(=O)O)cc3)cc2F)ccc1O)S(=O)[O-]. The van der Waals surface area contributed by atoms with E-state index in [0.29, 0.717) is 23.2 Å². The molecular weight excluding hydrogens is 479 g/mol. The van der Waals surface area contributed by atoms with Gasteiger partial charge in [-0.25, -0.2) is 9.18 Å². The van der Waals surface area contributed by atoms with Crippen LogP contribution in [-0.4, -0.2) is 56.8 Å². The van der Waals surface area contributed by atoms with Crippen molar-refractivity contribution in [2.24, 2.45) is 0 Å². The molecule has 9 nitrogen and oxygen atoms in total. The van der Waals surface area contributed by atoms with Crippen molar-refractivity contribution in [2.45, 2.75) is 6.10 Å². The van der Waals surface area contributed by atoms with Crippen LogP contribution in [0, 0.1) is 5.82 Å². The minimum absolute atomic E-state index is 0.0370. The maximum atomic E-state index is 14.4. The first-order valence-corrected chi connectivity index (χ1v) is 11.5. The number of halogens is 1. The van der Waals surface area contributed by atoms with Crippen molar-refractivity contribution in [3.8, 4) is 22.6 Å². The quantitative estimate of drug-likeness (QED) is 0.231. The van der Waals surface area contributed by atoms with E-state index in [9.17, 15) is 28.2 Å². The summed E-state index contributed by atoms with van der Waals surface area (Å²) in [5.41, 5.74) is 1.83. The van der Waals surface area contributed by atoms with Crippen LogP contribution in [0.4, 0.5) is 10.1 Å². The molecule has 186 valence electrons. The molecule has 0 saturated carbocycles. The first-order valence-electron chi connectivity index (χ1n) is 10.5. The van der Waals surface area contributed by atoms with Crippen LogP contribution >= 0.6 is 0 Å². The number of aromatic carboxylic acids is 1. The lowest BCUT2D eigenvalue weighted by Crippen LogP contribution is -2.26. The monoisotopic (exact) mass is 503 g/mol. The molecule has 0 fully saturated rings. The highest BCUT2D eigenvalue weighted by molar-refractivity contribution is 7.80. The van der Waals surface area contributed by atoms with Gasteiger partial charge in [0.05, 0.1) is 17.4 Å². The number of aliphatic hydroxyl groups is 1. The van der Waals surface area contributed by atoms with E-state index in [4.69, 9.17) is 9.84 Å². The van der Waals surface area contributed by atoms with Crippen LogP contribution in [-0.2, 0) is 11.3 Å². The lowest BCUT2D eigenvalue weighted by Gasteiger charge is -2.23. The summed E-state index contributed by atoms with van der Waals surface area (Å²) in [4.78, 5) is 10.9. The smallest absolute Gasteiger partial charge is 0.335 e. The van der Waals surface area contributed by atoms with Crippen molar-refractivity contribution >= 4 is 22.9 Å². The molecule has 2 atom stereocenters. The average Bonchev–Trinajstić information content (AvgIpc) is 2.84. The molecule has 0 aliphatic heterocycles. The topological polar surface area (TPSA) is 142 Å². The van der Waals surface area contributed by atoms with Crippen LogP contribution in [0.3, 0.4) is 0 Å². The van der Waals surface area contributed by atoms with E-state index in [1.807, 2.05) is 0 Å². The summed E-state index contributed by atoms with van der Waals surface area (Å²) >= 11 is -2.58. The lowest BCUT2D eigenvalue weighted by atomic mass is 10.0. The van der Waals surface area contributed by atoms with Gasteiger partial charge in [-0.3, -0.25) is 4.21 Å². The zero-order valence-corrected chi connectivity index (χ0v) is 19.5. The number of nitrogens with zero attached hydrogens (tertiary/aromatic N) is 1. The van der Waals surface area contributed by atoms with Gasteiger partial charge in [0.15, 0.2) is 11.6 Å². The number of phenols is 1. The molecule has 2 unspecified atom stereocenters. The Kier molecular flexibility index (Phi) is 8.77. The van der Waals surface area contributed by atoms with E-state index in [-0.39, 0.29) is 35.9 Å². The van der Waals surface area contributed by atoms with Gasteiger partial charge in [0, 0.05) is 31.4 Å². The predicted octanol–water partition coefficient (Wildman–Crippen LogP) is 2.83. The molecule has 0 saturated heterocycles. The van der Waals surface area contributed by atoms with Crippen molar-refractivity contribution in [1.82, 2.24) is 5.32 Å². The molecule has 3 aromatic rings. The third-order valence-electron chi connectivity index (χ3n) is 5.22. The van der Waals surface area contributed by atoms with Crippen LogP contribution in [0.2, 0.25) is 0 Å². The third-order valence-corrected chi connectivity index (χ3v) is 5.86. The number of benzene rings is 3. The van der Waals surface area contributed by atoms with Crippen molar-refractivity contribution in [3.05, 3.63) is 77.6 Å². The van der Waals surface area contributed by atoms with Gasteiger partial charge in [-0.15, -0.1) is 0 Å². The number of ether oxygens (including phenoxy) is 1. The largest absolute Gasteiger partial charge is 0.755 e. The second-order valence-corrected chi connectivity index (χ2v) is 8.54. The highest BCUT2D eigenvalue weighted by atomic mass is 32.2. The maximum absolute atomic E-state index is 14.4. The Hall–Kier alpha value is -3.51. The first kappa shape index (κ1) is 26.1. The summed E-state index contributed by atoms with van der Waals surface area (Å²) in [6, 6.07) is 14.7. The fourth-order valence-corrected chi connectivity index (χ4v) is 3.58. The zero-order valence-electron chi connectivity index (χ0n) is 18.7. The van der Waals surface area contributed by atoms with Gasteiger partial charge in [-0.2, -0.15) is 0 Å². The first-order chi connectivity index (χ1) is 16.7. The molecule has 0 heterocycles. The Morgan fingerprint density at radius 2 is 1.83 bits per heavy atom. The van der Waals surface area contributed by atoms with Crippen molar-refractivity contribution in [2.75, 3.05) is 31.0 Å². The number of hydrogen-bond donors (Lipinski definition) is 4. The Morgan fingerprint density at radius 3 is 2.46 bits per heavy atom. The molecule has 3 rings (SSSR count). The fraction of sp³-hybridized carbons (Fsp3) is 0.208. The molecular formula is C24H24FN2O7S-. The minimum atomic E-state index is -2.58. The number of carbonyl (C=O) groups is 1. The second-order valence-electron chi connectivity index (χ2n) is 7.56. The van der Waals surface area contributed by atoms with Crippen molar-refractivity contribution < 1.29 is 38.0 Å². The van der Waals surface area contributed by atoms with Crippen LogP contribution in [0.15, 0.2) is 60.7 Å². The summed E-state index contributed by atoms with van der Waals surface area (Å²) in [5, 5.41) is 32.1. The molecule has 4 N–H and O–H groups in total.